The van der Waals surface area contributed by atoms with E-state index in [0.29, 0.717) is 21.2 Å². The lowest BCUT2D eigenvalue weighted by molar-refractivity contribution is 0.0921. The number of amides is 1. The number of fused-ring (bicyclic) bond motifs is 1. The molecule has 1 unspecified atom stereocenters. The first-order chi connectivity index (χ1) is 12.4. The lowest BCUT2D eigenvalue weighted by Crippen LogP contribution is -2.31. The number of aliphatic hydroxyl groups excluding tert-OH is 1. The van der Waals surface area contributed by atoms with E-state index in [1.54, 1.807) is 19.3 Å². The highest BCUT2D eigenvalue weighted by molar-refractivity contribution is 7.17. The van der Waals surface area contributed by atoms with Crippen molar-refractivity contribution >= 4 is 45.0 Å². The molecule has 26 heavy (non-hydrogen) atoms. The first-order valence-corrected chi connectivity index (χ1v) is 9.28. The third kappa shape index (κ3) is 4.27. The fraction of sp³-hybridized carbons (Fsp3) is 0.294. The molecule has 0 saturated heterocycles. The molecule has 0 fully saturated rings. The van der Waals surface area contributed by atoms with Gasteiger partial charge in [-0.2, -0.15) is 0 Å². The molecule has 0 aliphatic carbocycles. The predicted octanol–water partition coefficient (Wildman–Crippen LogP) is 3.02. The molecule has 3 N–H and O–H groups in total. The zero-order valence-corrected chi connectivity index (χ0v) is 15.8. The molecule has 3 heterocycles. The molecule has 136 valence electrons. The molecule has 9 heteroatoms. The predicted molar refractivity (Wildman–Crippen MR) is 103 cm³/mol. The summed E-state index contributed by atoms with van der Waals surface area (Å²) in [5.74, 6) is -0.00792. The Morgan fingerprint density at radius 2 is 2.15 bits per heavy atom. The molecule has 1 amide bonds. The molecule has 0 bridgehead atoms. The number of halogens is 1. The van der Waals surface area contributed by atoms with Gasteiger partial charge in [0, 0.05) is 18.9 Å². The van der Waals surface area contributed by atoms with Crippen molar-refractivity contribution in [1.29, 1.82) is 0 Å². The van der Waals surface area contributed by atoms with Crippen LogP contribution in [0.4, 0.5) is 5.95 Å². The van der Waals surface area contributed by atoms with Gasteiger partial charge >= 0.3 is 0 Å². The maximum atomic E-state index is 12.5. The van der Waals surface area contributed by atoms with Crippen molar-refractivity contribution in [2.24, 2.45) is 0 Å². The van der Waals surface area contributed by atoms with Crippen LogP contribution in [0.3, 0.4) is 0 Å². The number of pyridine rings is 1. The van der Waals surface area contributed by atoms with Crippen molar-refractivity contribution in [1.82, 2.24) is 20.3 Å². The first-order valence-electron chi connectivity index (χ1n) is 8.02. The molecule has 0 aromatic carbocycles. The summed E-state index contributed by atoms with van der Waals surface area (Å²) in [4.78, 5) is 25.4. The van der Waals surface area contributed by atoms with E-state index in [1.165, 1.54) is 11.3 Å². The molecular weight excluding hydrogens is 374 g/mol. The largest absolute Gasteiger partial charge is 0.392 e. The lowest BCUT2D eigenvalue weighted by Gasteiger charge is -2.15. The number of thiophene rings is 1. The number of rotatable bonds is 6. The molecule has 2 atom stereocenters. The third-order valence-electron chi connectivity index (χ3n) is 3.65. The summed E-state index contributed by atoms with van der Waals surface area (Å²) >= 11 is 7.39. The number of carbonyl (C=O) groups excluding carboxylic acids is 1. The van der Waals surface area contributed by atoms with E-state index >= 15 is 0 Å². The second-order valence-corrected chi connectivity index (χ2v) is 7.24. The van der Waals surface area contributed by atoms with Crippen molar-refractivity contribution in [3.05, 3.63) is 46.2 Å². The van der Waals surface area contributed by atoms with Crippen molar-refractivity contribution in [3.63, 3.8) is 0 Å². The van der Waals surface area contributed by atoms with Crippen LogP contribution in [0.25, 0.3) is 10.2 Å². The Morgan fingerprint density at radius 3 is 2.88 bits per heavy atom. The monoisotopic (exact) mass is 391 g/mol. The van der Waals surface area contributed by atoms with Crippen molar-refractivity contribution < 1.29 is 9.90 Å². The van der Waals surface area contributed by atoms with Crippen molar-refractivity contribution in [2.45, 2.75) is 26.0 Å². The van der Waals surface area contributed by atoms with Crippen LogP contribution < -0.4 is 10.6 Å². The van der Waals surface area contributed by atoms with Gasteiger partial charge in [0.1, 0.15) is 0 Å². The zero-order valence-electron chi connectivity index (χ0n) is 14.2. The average Bonchev–Trinajstić information content (AvgIpc) is 3.07. The minimum atomic E-state index is -0.632. The number of aliphatic hydroxyl groups is 1. The number of carbonyl (C=O) groups is 1. The number of hydrogen-bond acceptors (Lipinski definition) is 7. The summed E-state index contributed by atoms with van der Waals surface area (Å²) in [6.45, 7) is 3.69. The van der Waals surface area contributed by atoms with Crippen LogP contribution >= 0.6 is 22.9 Å². The first kappa shape index (κ1) is 18.5. The molecule has 0 spiro atoms. The molecule has 7 nitrogen and oxygen atoms in total. The molecule has 3 rings (SSSR count). The standard InChI is InChI=1S/C17H18ClN5O2S/c1-9(24)6-20-16(25)14-15-13(3-4-26-15)22-17(23-14)21-10(2)11-5-12(18)8-19-7-11/h3-5,7-10,24H,6H2,1-2H3,(H,20,25)(H,21,22,23)/t9-,10?/m1/s1. The van der Waals surface area contributed by atoms with Crippen LogP contribution in [0.5, 0.6) is 0 Å². The lowest BCUT2D eigenvalue weighted by atomic mass is 10.1. The summed E-state index contributed by atoms with van der Waals surface area (Å²) in [6.07, 6.45) is 2.65. The summed E-state index contributed by atoms with van der Waals surface area (Å²) < 4.78 is 0.704. The third-order valence-corrected chi connectivity index (χ3v) is 4.77. The molecular formula is C17H18ClN5O2S. The van der Waals surface area contributed by atoms with E-state index in [9.17, 15) is 9.90 Å². The zero-order chi connectivity index (χ0) is 18.7. The summed E-state index contributed by atoms with van der Waals surface area (Å²) in [5, 5.41) is 17.6. The van der Waals surface area contributed by atoms with E-state index < -0.39 is 6.10 Å². The quantitative estimate of drug-likeness (QED) is 0.597. The van der Waals surface area contributed by atoms with Gasteiger partial charge in [-0.1, -0.05) is 11.6 Å². The molecule has 3 aromatic rings. The van der Waals surface area contributed by atoms with Crippen LogP contribution in [0.15, 0.2) is 29.9 Å². The molecule has 3 aromatic heterocycles. The number of anilines is 1. The fourth-order valence-electron chi connectivity index (χ4n) is 2.35. The van der Waals surface area contributed by atoms with Crippen LogP contribution in [0, 0.1) is 0 Å². The van der Waals surface area contributed by atoms with Gasteiger partial charge in [0.15, 0.2) is 5.69 Å². The van der Waals surface area contributed by atoms with Gasteiger partial charge in [-0.15, -0.1) is 11.3 Å². The maximum Gasteiger partial charge on any atom is 0.271 e. The van der Waals surface area contributed by atoms with E-state index in [-0.39, 0.29) is 24.2 Å². The Bertz CT molecular complexity index is 930. The highest BCUT2D eigenvalue weighted by atomic mass is 35.5. The summed E-state index contributed by atoms with van der Waals surface area (Å²) in [5.41, 5.74) is 1.85. The Labute approximate surface area is 159 Å². The smallest absolute Gasteiger partial charge is 0.271 e. The van der Waals surface area contributed by atoms with E-state index in [1.807, 2.05) is 24.4 Å². The van der Waals surface area contributed by atoms with Crippen LogP contribution in [-0.2, 0) is 0 Å². The Kier molecular flexibility index (Phi) is 5.65. The number of aromatic nitrogens is 3. The van der Waals surface area contributed by atoms with Gasteiger partial charge in [0.05, 0.1) is 27.4 Å². The Balaban J connectivity index is 1.88. The Morgan fingerprint density at radius 1 is 1.35 bits per heavy atom. The fourth-order valence-corrected chi connectivity index (χ4v) is 3.35. The van der Waals surface area contributed by atoms with E-state index in [0.717, 1.165) is 5.56 Å². The van der Waals surface area contributed by atoms with Crippen LogP contribution in [-0.4, -0.2) is 38.6 Å². The molecule has 0 aliphatic rings. The van der Waals surface area contributed by atoms with Gasteiger partial charge < -0.3 is 15.7 Å². The maximum absolute atomic E-state index is 12.5. The van der Waals surface area contributed by atoms with Gasteiger partial charge in [0.25, 0.3) is 5.91 Å². The van der Waals surface area contributed by atoms with Crippen molar-refractivity contribution in [2.75, 3.05) is 11.9 Å². The van der Waals surface area contributed by atoms with Crippen molar-refractivity contribution in [3.8, 4) is 0 Å². The number of nitrogens with zero attached hydrogens (tertiary/aromatic N) is 3. The van der Waals surface area contributed by atoms with E-state index in [2.05, 4.69) is 25.6 Å². The van der Waals surface area contributed by atoms with E-state index in [4.69, 9.17) is 11.6 Å². The summed E-state index contributed by atoms with van der Waals surface area (Å²) in [7, 11) is 0. The minimum Gasteiger partial charge on any atom is -0.392 e. The average molecular weight is 392 g/mol. The topological polar surface area (TPSA) is 100 Å². The SMILES string of the molecule is CC(Nc1nc(C(=O)NC[C@@H](C)O)c2sccc2n1)c1cncc(Cl)c1. The highest BCUT2D eigenvalue weighted by Gasteiger charge is 2.18. The summed E-state index contributed by atoms with van der Waals surface area (Å²) in [6, 6.07) is 3.50. The van der Waals surface area contributed by atoms with Gasteiger partial charge in [-0.05, 0) is 36.9 Å². The second kappa shape index (κ2) is 7.94. The minimum absolute atomic E-state index is 0.148. The highest BCUT2D eigenvalue weighted by Crippen LogP contribution is 2.25. The van der Waals surface area contributed by atoms with Gasteiger partial charge in [0.2, 0.25) is 5.95 Å². The molecule has 0 aliphatic heterocycles. The molecule has 0 saturated carbocycles. The normalized spacial score (nSPS) is 13.4. The molecule has 0 radical (unpaired) electrons. The number of nitrogens with one attached hydrogen (secondary N) is 2. The second-order valence-electron chi connectivity index (χ2n) is 5.89. The van der Waals surface area contributed by atoms with Gasteiger partial charge in [-0.25, -0.2) is 9.97 Å². The van der Waals surface area contributed by atoms with Crippen LogP contribution in [0.1, 0.15) is 35.9 Å². The van der Waals surface area contributed by atoms with Crippen LogP contribution in [0.2, 0.25) is 5.02 Å². The Hall–Kier alpha value is -2.29. The number of hydrogen-bond donors (Lipinski definition) is 3. The van der Waals surface area contributed by atoms with Gasteiger partial charge in [-0.3, -0.25) is 9.78 Å².